The van der Waals surface area contributed by atoms with Crippen molar-refractivity contribution in [3.8, 4) is 0 Å². The molecule has 0 heterocycles. The molecule has 0 saturated heterocycles. The van der Waals surface area contributed by atoms with Gasteiger partial charge in [-0.1, -0.05) is 26.2 Å². The summed E-state index contributed by atoms with van der Waals surface area (Å²) in [7, 11) is 0. The van der Waals surface area contributed by atoms with E-state index in [0.717, 1.165) is 11.8 Å². The van der Waals surface area contributed by atoms with Crippen molar-refractivity contribution in [1.82, 2.24) is 0 Å². The van der Waals surface area contributed by atoms with Crippen LogP contribution in [0.2, 0.25) is 0 Å². The predicted octanol–water partition coefficient (Wildman–Crippen LogP) is 3.36. The first-order chi connectivity index (χ1) is 6.41. The Morgan fingerprint density at radius 1 is 1.14 bits per heavy atom. The number of aliphatic hydroxyl groups is 1. The minimum Gasteiger partial charge on any atom is -0.390 e. The van der Waals surface area contributed by atoms with Crippen molar-refractivity contribution in [3.63, 3.8) is 0 Å². The molecule has 2 aliphatic rings. The van der Waals surface area contributed by atoms with Gasteiger partial charge in [-0.15, -0.1) is 0 Å². The molecule has 0 radical (unpaired) electrons. The number of rotatable bonds is 1. The standard InChI is InChI=1S/C13H24O/c1-12(2,14)13(3)8-10-5-4-6-11(7-10)9-13/h10-11,14H,4-9H2,1-3H3. The minimum absolute atomic E-state index is 0.168. The molecule has 2 rings (SSSR count). The zero-order valence-electron chi connectivity index (χ0n) is 9.84. The maximum atomic E-state index is 10.3. The normalized spacial score (nSPS) is 43.7. The molecule has 0 amide bonds. The van der Waals surface area contributed by atoms with Crippen molar-refractivity contribution in [3.05, 3.63) is 0 Å². The summed E-state index contributed by atoms with van der Waals surface area (Å²) in [4.78, 5) is 0. The summed E-state index contributed by atoms with van der Waals surface area (Å²) in [5.41, 5.74) is -0.331. The summed E-state index contributed by atoms with van der Waals surface area (Å²) in [5, 5.41) is 10.3. The quantitative estimate of drug-likeness (QED) is 0.682. The highest BCUT2D eigenvalue weighted by Crippen LogP contribution is 2.53. The van der Waals surface area contributed by atoms with Gasteiger partial charge in [0.15, 0.2) is 0 Å². The van der Waals surface area contributed by atoms with E-state index in [0.29, 0.717) is 0 Å². The average Bonchev–Trinajstić information content (AvgIpc) is 2.00. The molecule has 2 unspecified atom stereocenters. The summed E-state index contributed by atoms with van der Waals surface area (Å²) in [6, 6.07) is 0. The third-order valence-electron chi connectivity index (χ3n) is 4.85. The van der Waals surface area contributed by atoms with E-state index in [9.17, 15) is 5.11 Å². The lowest BCUT2D eigenvalue weighted by molar-refractivity contribution is -0.0973. The van der Waals surface area contributed by atoms with Gasteiger partial charge in [0.1, 0.15) is 0 Å². The first-order valence-electron chi connectivity index (χ1n) is 6.13. The molecule has 1 heteroatoms. The van der Waals surface area contributed by atoms with Crippen LogP contribution < -0.4 is 0 Å². The zero-order valence-corrected chi connectivity index (χ0v) is 9.84. The third-order valence-corrected chi connectivity index (χ3v) is 4.85. The maximum Gasteiger partial charge on any atom is 0.0645 e. The Hall–Kier alpha value is -0.0400. The molecule has 0 spiro atoms. The predicted molar refractivity (Wildman–Crippen MR) is 59.1 cm³/mol. The second kappa shape index (κ2) is 3.23. The van der Waals surface area contributed by atoms with Crippen LogP contribution >= 0.6 is 0 Å². The number of hydrogen-bond acceptors (Lipinski definition) is 1. The van der Waals surface area contributed by atoms with Crippen molar-refractivity contribution in [2.24, 2.45) is 17.3 Å². The van der Waals surface area contributed by atoms with E-state index in [1.165, 1.54) is 38.5 Å². The van der Waals surface area contributed by atoms with Gasteiger partial charge in [-0.2, -0.15) is 0 Å². The molecule has 2 atom stereocenters. The molecule has 2 fully saturated rings. The Morgan fingerprint density at radius 3 is 2.07 bits per heavy atom. The summed E-state index contributed by atoms with van der Waals surface area (Å²) >= 11 is 0. The van der Waals surface area contributed by atoms with Crippen LogP contribution in [0.1, 0.15) is 59.3 Å². The monoisotopic (exact) mass is 196 g/mol. The van der Waals surface area contributed by atoms with Crippen molar-refractivity contribution in [2.45, 2.75) is 64.9 Å². The third kappa shape index (κ3) is 1.71. The van der Waals surface area contributed by atoms with E-state index in [-0.39, 0.29) is 5.41 Å². The highest BCUT2D eigenvalue weighted by Gasteiger charge is 2.46. The molecule has 0 aliphatic heterocycles. The van der Waals surface area contributed by atoms with Crippen molar-refractivity contribution in [1.29, 1.82) is 0 Å². The molecule has 0 aromatic heterocycles. The Bertz CT molecular complexity index is 202. The van der Waals surface area contributed by atoms with Crippen LogP contribution in [-0.4, -0.2) is 10.7 Å². The van der Waals surface area contributed by atoms with E-state index in [4.69, 9.17) is 0 Å². The molecule has 82 valence electrons. The van der Waals surface area contributed by atoms with Crippen LogP contribution in [0.3, 0.4) is 0 Å². The van der Waals surface area contributed by atoms with E-state index < -0.39 is 5.60 Å². The topological polar surface area (TPSA) is 20.2 Å². The van der Waals surface area contributed by atoms with Gasteiger partial charge in [-0.05, 0) is 50.4 Å². The second-order valence-corrected chi connectivity index (χ2v) is 6.43. The first-order valence-corrected chi connectivity index (χ1v) is 6.13. The van der Waals surface area contributed by atoms with Gasteiger partial charge in [0.25, 0.3) is 0 Å². The summed E-state index contributed by atoms with van der Waals surface area (Å²) in [5.74, 6) is 1.80. The highest BCUT2D eigenvalue weighted by atomic mass is 16.3. The SMILES string of the molecule is CC(C)(O)C1(C)CC2CCCC(C2)C1. The molecular weight excluding hydrogens is 172 g/mol. The molecule has 1 nitrogen and oxygen atoms in total. The second-order valence-electron chi connectivity index (χ2n) is 6.43. The first kappa shape index (κ1) is 10.5. The molecule has 1 N–H and O–H groups in total. The Kier molecular flexibility index (Phi) is 2.42. The fourth-order valence-electron chi connectivity index (χ4n) is 3.63. The van der Waals surface area contributed by atoms with Crippen LogP contribution in [0.15, 0.2) is 0 Å². The molecule has 14 heavy (non-hydrogen) atoms. The summed E-state index contributed by atoms with van der Waals surface area (Å²) in [6.45, 7) is 6.28. The number of hydrogen-bond donors (Lipinski definition) is 1. The van der Waals surface area contributed by atoms with Crippen LogP contribution in [-0.2, 0) is 0 Å². The molecule has 2 saturated carbocycles. The van der Waals surface area contributed by atoms with Gasteiger partial charge < -0.3 is 5.11 Å². The van der Waals surface area contributed by atoms with Gasteiger partial charge in [0, 0.05) is 0 Å². The summed E-state index contributed by atoms with van der Waals surface area (Å²) in [6.07, 6.45) is 8.16. The van der Waals surface area contributed by atoms with Gasteiger partial charge in [0.2, 0.25) is 0 Å². The van der Waals surface area contributed by atoms with Crippen molar-refractivity contribution < 1.29 is 5.11 Å². The molecule has 2 bridgehead atoms. The lowest BCUT2D eigenvalue weighted by Gasteiger charge is -2.51. The Morgan fingerprint density at radius 2 is 1.64 bits per heavy atom. The largest absolute Gasteiger partial charge is 0.390 e. The fourth-order valence-corrected chi connectivity index (χ4v) is 3.63. The van der Waals surface area contributed by atoms with Crippen LogP contribution in [0.5, 0.6) is 0 Å². The molecular formula is C13H24O. The Balaban J connectivity index is 2.15. The highest BCUT2D eigenvalue weighted by molar-refractivity contribution is 4.97. The van der Waals surface area contributed by atoms with E-state index >= 15 is 0 Å². The molecule has 2 aliphatic carbocycles. The van der Waals surface area contributed by atoms with E-state index in [1.54, 1.807) is 0 Å². The lowest BCUT2D eigenvalue weighted by atomic mass is 9.56. The molecule has 0 aromatic carbocycles. The van der Waals surface area contributed by atoms with Gasteiger partial charge in [-0.25, -0.2) is 0 Å². The fraction of sp³-hybridized carbons (Fsp3) is 1.00. The zero-order chi connectivity index (χ0) is 10.4. The average molecular weight is 196 g/mol. The van der Waals surface area contributed by atoms with Crippen LogP contribution in [0.4, 0.5) is 0 Å². The maximum absolute atomic E-state index is 10.3. The van der Waals surface area contributed by atoms with Crippen molar-refractivity contribution in [2.75, 3.05) is 0 Å². The smallest absolute Gasteiger partial charge is 0.0645 e. The number of fused-ring (bicyclic) bond motifs is 2. The van der Waals surface area contributed by atoms with Crippen molar-refractivity contribution >= 4 is 0 Å². The summed E-state index contributed by atoms with van der Waals surface area (Å²) < 4.78 is 0. The van der Waals surface area contributed by atoms with Crippen LogP contribution in [0, 0.1) is 17.3 Å². The van der Waals surface area contributed by atoms with E-state index in [1.807, 2.05) is 13.8 Å². The molecule has 0 aromatic rings. The van der Waals surface area contributed by atoms with Gasteiger partial charge >= 0.3 is 0 Å². The van der Waals surface area contributed by atoms with Crippen LogP contribution in [0.25, 0.3) is 0 Å². The minimum atomic E-state index is -0.499. The Labute approximate surface area is 87.9 Å². The lowest BCUT2D eigenvalue weighted by Crippen LogP contribution is -2.47. The van der Waals surface area contributed by atoms with E-state index in [2.05, 4.69) is 6.92 Å². The van der Waals surface area contributed by atoms with Gasteiger partial charge in [0.05, 0.1) is 5.60 Å². The van der Waals surface area contributed by atoms with Gasteiger partial charge in [-0.3, -0.25) is 0 Å².